The molecule has 2 N–H and O–H groups in total. The first-order valence-corrected chi connectivity index (χ1v) is 18.3. The van der Waals surface area contributed by atoms with Gasteiger partial charge in [0.25, 0.3) is 15.9 Å². The number of hydrogen-bond donors (Lipinski definition) is 2. The number of hydrogen-bond acceptors (Lipinski definition) is 7. The third-order valence-corrected chi connectivity index (χ3v) is 10.6. The molecule has 2 aliphatic rings. The average molecular weight is 676 g/mol. The van der Waals surface area contributed by atoms with Gasteiger partial charge in [0.05, 0.1) is 35.3 Å². The van der Waals surface area contributed by atoms with Crippen molar-refractivity contribution in [2.24, 2.45) is 11.8 Å². The van der Waals surface area contributed by atoms with E-state index in [0.717, 1.165) is 69.2 Å². The van der Waals surface area contributed by atoms with Crippen LogP contribution in [0.15, 0.2) is 47.4 Å². The molecule has 4 rings (SSSR count). The largest absolute Gasteiger partial charge is 0.490 e. The Labute approximate surface area is 278 Å². The van der Waals surface area contributed by atoms with Crippen molar-refractivity contribution in [2.75, 3.05) is 38.1 Å². The molecule has 0 bridgehead atoms. The van der Waals surface area contributed by atoms with Crippen molar-refractivity contribution in [1.29, 1.82) is 0 Å². The van der Waals surface area contributed by atoms with Gasteiger partial charge in [0.15, 0.2) is 0 Å². The lowest BCUT2D eigenvalue weighted by Crippen LogP contribution is -2.48. The zero-order chi connectivity index (χ0) is 34.1. The minimum Gasteiger partial charge on any atom is -0.490 e. The van der Waals surface area contributed by atoms with E-state index >= 15 is 0 Å². The van der Waals surface area contributed by atoms with Crippen LogP contribution >= 0.6 is 0 Å². The smallest absolute Gasteiger partial charge is 0.261 e. The number of carbonyl (C=O) groups is 2. The molecule has 1 fully saturated rings. The molecular weight excluding hydrogens is 625 g/mol. The molecule has 1 heterocycles. The van der Waals surface area contributed by atoms with Crippen LogP contribution in [0.25, 0.3) is 0 Å². The van der Waals surface area contributed by atoms with Gasteiger partial charge in [-0.05, 0) is 88.4 Å². The molecule has 2 aromatic carbocycles. The van der Waals surface area contributed by atoms with Crippen molar-refractivity contribution in [1.82, 2.24) is 9.80 Å². The summed E-state index contributed by atoms with van der Waals surface area (Å²) >= 11 is 0. The van der Waals surface area contributed by atoms with Crippen molar-refractivity contribution in [2.45, 2.75) is 95.3 Å². The van der Waals surface area contributed by atoms with Crippen molar-refractivity contribution >= 4 is 27.5 Å². The third-order valence-electron chi connectivity index (χ3n) is 9.21. The third kappa shape index (κ3) is 9.90. The van der Waals surface area contributed by atoms with Gasteiger partial charge in [0.2, 0.25) is 5.91 Å². The maximum absolute atomic E-state index is 14.3. The summed E-state index contributed by atoms with van der Waals surface area (Å²) in [6.07, 6.45) is 6.83. The van der Waals surface area contributed by atoms with Crippen LogP contribution in [0.4, 0.5) is 10.1 Å². The molecule has 0 aromatic heterocycles. The predicted molar refractivity (Wildman–Crippen MR) is 178 cm³/mol. The fourth-order valence-electron chi connectivity index (χ4n) is 6.30. The molecule has 260 valence electrons. The van der Waals surface area contributed by atoms with Crippen LogP contribution in [0, 0.1) is 17.7 Å². The molecule has 0 radical (unpaired) electrons. The minimum atomic E-state index is -4.08. The van der Waals surface area contributed by atoms with Crippen LogP contribution in [-0.2, 0) is 19.6 Å². The second-order valence-electron chi connectivity index (χ2n) is 13.1. The second kappa shape index (κ2) is 16.7. The van der Waals surface area contributed by atoms with E-state index in [2.05, 4.69) is 4.72 Å². The first kappa shape index (κ1) is 36.6. The summed E-state index contributed by atoms with van der Waals surface area (Å²) in [6.45, 7) is 6.45. The number of halogens is 1. The SMILES string of the molecule is C[C@@H]1CCCCO[C@@H](CN(C)C(=O)C2CCCCC2)[C@@H](C)CN([C@H](C)CO)C(=O)c2cc(NS(=O)(=O)c3ccc(F)cc3)ccc2O1. The van der Waals surface area contributed by atoms with Crippen molar-refractivity contribution in [3.63, 3.8) is 0 Å². The lowest BCUT2D eigenvalue weighted by Gasteiger charge is -2.36. The minimum absolute atomic E-state index is 0.0303. The lowest BCUT2D eigenvalue weighted by molar-refractivity contribution is -0.137. The molecule has 47 heavy (non-hydrogen) atoms. The van der Waals surface area contributed by atoms with Gasteiger partial charge < -0.3 is 24.4 Å². The molecular formula is C35H50FN3O7S. The highest BCUT2D eigenvalue weighted by Gasteiger charge is 2.32. The highest BCUT2D eigenvalue weighted by Crippen LogP contribution is 2.30. The number of likely N-dealkylation sites (N-methyl/N-ethyl adjacent to an activating group) is 1. The van der Waals surface area contributed by atoms with Crippen LogP contribution in [0.2, 0.25) is 0 Å². The first-order valence-electron chi connectivity index (χ1n) is 16.8. The molecule has 0 unspecified atom stereocenters. The predicted octanol–water partition coefficient (Wildman–Crippen LogP) is 5.46. The summed E-state index contributed by atoms with van der Waals surface area (Å²) in [5.74, 6) is -0.742. The quantitative estimate of drug-likeness (QED) is 0.381. The summed E-state index contributed by atoms with van der Waals surface area (Å²) in [7, 11) is -2.26. The summed E-state index contributed by atoms with van der Waals surface area (Å²) < 4.78 is 54.7. The fraction of sp³-hybridized carbons (Fsp3) is 0.600. The summed E-state index contributed by atoms with van der Waals surface area (Å²) in [4.78, 5) is 30.9. The van der Waals surface area contributed by atoms with E-state index in [0.29, 0.717) is 25.3 Å². The van der Waals surface area contributed by atoms with Crippen molar-refractivity contribution < 1.29 is 37.0 Å². The summed E-state index contributed by atoms with van der Waals surface area (Å²) in [5, 5.41) is 10.2. The maximum atomic E-state index is 14.3. The molecule has 1 aliphatic heterocycles. The molecule has 2 amide bonds. The van der Waals surface area contributed by atoms with E-state index in [-0.39, 0.29) is 59.2 Å². The van der Waals surface area contributed by atoms with Crippen LogP contribution in [-0.4, -0.2) is 86.7 Å². The number of ether oxygens (including phenoxy) is 2. The Morgan fingerprint density at radius 3 is 2.43 bits per heavy atom. The molecule has 0 spiro atoms. The number of rotatable bonds is 8. The molecule has 2 aromatic rings. The highest BCUT2D eigenvalue weighted by atomic mass is 32.2. The van der Waals surface area contributed by atoms with Gasteiger partial charge in [0.1, 0.15) is 11.6 Å². The Morgan fingerprint density at radius 2 is 1.74 bits per heavy atom. The number of aliphatic hydroxyl groups excluding tert-OH is 1. The second-order valence-corrected chi connectivity index (χ2v) is 14.8. The van der Waals surface area contributed by atoms with Crippen molar-refractivity contribution in [3.8, 4) is 5.75 Å². The number of anilines is 1. The maximum Gasteiger partial charge on any atom is 0.261 e. The number of aliphatic hydroxyl groups is 1. The van der Waals surface area contributed by atoms with Gasteiger partial charge in [0, 0.05) is 44.3 Å². The zero-order valence-corrected chi connectivity index (χ0v) is 28.8. The number of fused-ring (bicyclic) bond motifs is 1. The van der Waals surface area contributed by atoms with Gasteiger partial charge in [-0.2, -0.15) is 0 Å². The zero-order valence-electron chi connectivity index (χ0n) is 28.0. The number of amides is 2. The normalized spacial score (nSPS) is 22.8. The van der Waals surface area contributed by atoms with E-state index in [1.165, 1.54) is 12.1 Å². The average Bonchev–Trinajstić information content (AvgIpc) is 3.06. The topological polar surface area (TPSA) is 125 Å². The number of carbonyl (C=O) groups excluding carboxylic acids is 2. The highest BCUT2D eigenvalue weighted by molar-refractivity contribution is 7.92. The van der Waals surface area contributed by atoms with E-state index in [4.69, 9.17) is 9.47 Å². The van der Waals surface area contributed by atoms with E-state index in [9.17, 15) is 27.5 Å². The molecule has 10 nitrogen and oxygen atoms in total. The number of benzene rings is 2. The molecule has 12 heteroatoms. The number of nitrogens with one attached hydrogen (secondary N) is 1. The van der Waals surface area contributed by atoms with Gasteiger partial charge in [-0.3, -0.25) is 14.3 Å². The number of nitrogens with zero attached hydrogens (tertiary/aromatic N) is 2. The standard InChI is InChI=1S/C35H50FN3O7S/c1-24-21-39(25(2)23-40)35(42)31-20-29(37-47(43,44)30-16-13-28(36)14-17-30)15-18-32(31)46-26(3)10-8-9-19-45-33(24)22-38(4)34(41)27-11-6-5-7-12-27/h13-18,20,24-27,33,37,40H,5-12,19,21-23H2,1-4H3/t24-,25+,26+,33-/m0/s1. The first-order chi connectivity index (χ1) is 22.4. The van der Waals surface area contributed by atoms with Crippen LogP contribution in [0.1, 0.15) is 82.5 Å². The molecule has 1 saturated carbocycles. The van der Waals surface area contributed by atoms with Crippen molar-refractivity contribution in [3.05, 3.63) is 53.8 Å². The Morgan fingerprint density at radius 1 is 1.06 bits per heavy atom. The van der Waals surface area contributed by atoms with Crippen LogP contribution < -0.4 is 9.46 Å². The summed E-state index contributed by atoms with van der Waals surface area (Å²) in [6, 6.07) is 8.40. The monoisotopic (exact) mass is 675 g/mol. The molecule has 4 atom stereocenters. The van der Waals surface area contributed by atoms with E-state index in [1.807, 2.05) is 20.9 Å². The van der Waals surface area contributed by atoms with Gasteiger partial charge >= 0.3 is 0 Å². The van der Waals surface area contributed by atoms with E-state index in [1.54, 1.807) is 22.8 Å². The van der Waals surface area contributed by atoms with Crippen LogP contribution in [0.5, 0.6) is 5.75 Å². The Bertz CT molecular complexity index is 1450. The van der Waals surface area contributed by atoms with E-state index < -0.39 is 27.8 Å². The van der Waals surface area contributed by atoms with Gasteiger partial charge in [-0.25, -0.2) is 12.8 Å². The summed E-state index contributed by atoms with van der Waals surface area (Å²) in [5.41, 5.74) is 0.273. The Hall–Kier alpha value is -3.22. The van der Waals surface area contributed by atoms with Gasteiger partial charge in [-0.1, -0.05) is 26.2 Å². The molecule has 0 saturated heterocycles. The number of sulfonamides is 1. The lowest BCUT2D eigenvalue weighted by atomic mass is 9.88. The fourth-order valence-corrected chi connectivity index (χ4v) is 7.35. The molecule has 1 aliphatic carbocycles. The Balaban J connectivity index is 1.64. The van der Waals surface area contributed by atoms with Gasteiger partial charge in [-0.15, -0.1) is 0 Å². The Kier molecular flexibility index (Phi) is 13.0. The van der Waals surface area contributed by atoms with Crippen LogP contribution in [0.3, 0.4) is 0 Å².